The summed E-state index contributed by atoms with van der Waals surface area (Å²) in [5, 5.41) is 14.2. The molecular formula is C22H21N3O5. The summed E-state index contributed by atoms with van der Waals surface area (Å²) in [4.78, 5) is 40.1. The third-order valence-electron chi connectivity index (χ3n) is 4.80. The van der Waals surface area contributed by atoms with E-state index in [2.05, 4.69) is 10.3 Å². The molecule has 0 atom stereocenters. The molecule has 0 saturated heterocycles. The second kappa shape index (κ2) is 8.69. The number of amides is 1. The number of nitrogens with one attached hydrogen (secondary N) is 1. The maximum Gasteiger partial charge on any atom is 0.339 e. The van der Waals surface area contributed by atoms with Crippen molar-refractivity contribution in [1.82, 2.24) is 4.98 Å². The minimum atomic E-state index is -0.620. The molecule has 1 heterocycles. The van der Waals surface area contributed by atoms with Crippen molar-refractivity contribution in [3.63, 3.8) is 0 Å². The molecule has 8 nitrogen and oxygen atoms in total. The maximum absolute atomic E-state index is 12.8. The molecule has 0 spiro atoms. The van der Waals surface area contributed by atoms with Gasteiger partial charge in [-0.15, -0.1) is 0 Å². The van der Waals surface area contributed by atoms with Crippen LogP contribution in [0.3, 0.4) is 0 Å². The molecule has 30 heavy (non-hydrogen) atoms. The number of aromatic nitrogens is 1. The topological polar surface area (TPSA) is 111 Å². The third-order valence-corrected chi connectivity index (χ3v) is 4.80. The molecule has 0 fully saturated rings. The van der Waals surface area contributed by atoms with Gasteiger partial charge in [0.15, 0.2) is 6.61 Å². The number of rotatable bonds is 6. The van der Waals surface area contributed by atoms with Crippen molar-refractivity contribution in [1.29, 1.82) is 0 Å². The quantitative estimate of drug-likeness (QED) is 0.374. The number of nitro groups is 1. The first-order valence-electron chi connectivity index (χ1n) is 9.42. The lowest BCUT2D eigenvalue weighted by Crippen LogP contribution is -2.22. The van der Waals surface area contributed by atoms with Crippen LogP contribution in [-0.2, 0) is 16.0 Å². The average Bonchev–Trinajstić information content (AvgIpc) is 2.72. The summed E-state index contributed by atoms with van der Waals surface area (Å²) < 4.78 is 5.24. The lowest BCUT2D eigenvalue weighted by Gasteiger charge is -2.13. The number of benzene rings is 2. The van der Waals surface area contributed by atoms with Gasteiger partial charge in [0.1, 0.15) is 0 Å². The summed E-state index contributed by atoms with van der Waals surface area (Å²) in [5.41, 5.74) is 3.21. The van der Waals surface area contributed by atoms with E-state index in [0.717, 1.165) is 11.3 Å². The summed E-state index contributed by atoms with van der Waals surface area (Å²) in [6, 6.07) is 11.6. The number of pyridine rings is 1. The van der Waals surface area contributed by atoms with Crippen molar-refractivity contribution in [3.8, 4) is 0 Å². The van der Waals surface area contributed by atoms with Crippen LogP contribution in [0.15, 0.2) is 42.5 Å². The average molecular weight is 407 g/mol. The molecule has 0 radical (unpaired) electrons. The zero-order valence-electron chi connectivity index (χ0n) is 16.9. The van der Waals surface area contributed by atoms with Gasteiger partial charge in [-0.2, -0.15) is 0 Å². The van der Waals surface area contributed by atoms with Gasteiger partial charge in [-0.3, -0.25) is 19.9 Å². The van der Waals surface area contributed by atoms with E-state index in [1.165, 1.54) is 6.07 Å². The molecule has 0 aliphatic rings. The van der Waals surface area contributed by atoms with Crippen molar-refractivity contribution in [2.75, 3.05) is 11.9 Å². The van der Waals surface area contributed by atoms with Crippen molar-refractivity contribution in [3.05, 3.63) is 75.0 Å². The predicted molar refractivity (Wildman–Crippen MR) is 113 cm³/mol. The van der Waals surface area contributed by atoms with Crippen LogP contribution in [-0.4, -0.2) is 28.4 Å². The Kier molecular flexibility index (Phi) is 6.06. The summed E-state index contributed by atoms with van der Waals surface area (Å²) >= 11 is 0. The van der Waals surface area contributed by atoms with E-state index in [-0.39, 0.29) is 11.4 Å². The van der Waals surface area contributed by atoms with E-state index >= 15 is 0 Å². The minimum Gasteiger partial charge on any atom is -0.452 e. The third kappa shape index (κ3) is 4.27. The maximum atomic E-state index is 12.8. The Morgan fingerprint density at radius 1 is 1.17 bits per heavy atom. The Bertz CT molecular complexity index is 1160. The molecule has 154 valence electrons. The smallest absolute Gasteiger partial charge is 0.339 e. The zero-order valence-corrected chi connectivity index (χ0v) is 16.9. The van der Waals surface area contributed by atoms with Crippen LogP contribution >= 0.6 is 0 Å². The lowest BCUT2D eigenvalue weighted by molar-refractivity contribution is -0.385. The van der Waals surface area contributed by atoms with Crippen LogP contribution in [0.4, 0.5) is 11.4 Å². The van der Waals surface area contributed by atoms with E-state index in [9.17, 15) is 19.7 Å². The summed E-state index contributed by atoms with van der Waals surface area (Å²) in [6.45, 7) is 4.85. The Morgan fingerprint density at radius 3 is 2.60 bits per heavy atom. The first-order valence-corrected chi connectivity index (χ1v) is 9.42. The number of carbonyl (C=O) groups excluding carboxylic acids is 2. The molecular weight excluding hydrogens is 386 g/mol. The van der Waals surface area contributed by atoms with E-state index in [4.69, 9.17) is 4.74 Å². The number of fused-ring (bicyclic) bond motifs is 1. The van der Waals surface area contributed by atoms with Gasteiger partial charge in [-0.05, 0) is 38.0 Å². The number of hydrogen-bond acceptors (Lipinski definition) is 6. The standard InChI is InChI=1S/C22H21N3O5/c1-4-17-14(3)21(16-7-5-6-8-18(16)24-17)22(27)30-12-20(26)23-15-10-9-13(2)19(11-15)25(28)29/h5-11H,4,12H2,1-3H3,(H,23,26). The molecule has 0 aliphatic carbocycles. The molecule has 0 unspecified atom stereocenters. The van der Waals surface area contributed by atoms with E-state index in [1.807, 2.05) is 25.1 Å². The van der Waals surface area contributed by atoms with E-state index < -0.39 is 23.4 Å². The molecule has 0 saturated carbocycles. The number of para-hydroxylation sites is 1. The normalized spacial score (nSPS) is 10.6. The molecule has 1 aromatic heterocycles. The van der Waals surface area contributed by atoms with Gasteiger partial charge in [0, 0.05) is 28.4 Å². The van der Waals surface area contributed by atoms with Crippen molar-refractivity contribution >= 4 is 34.2 Å². The predicted octanol–water partition coefficient (Wildman–Crippen LogP) is 4.12. The fourth-order valence-electron chi connectivity index (χ4n) is 3.25. The number of carbonyl (C=O) groups is 2. The Hall–Kier alpha value is -3.81. The Morgan fingerprint density at radius 2 is 1.90 bits per heavy atom. The van der Waals surface area contributed by atoms with Crippen molar-refractivity contribution < 1.29 is 19.2 Å². The van der Waals surface area contributed by atoms with Crippen molar-refractivity contribution in [2.24, 2.45) is 0 Å². The fraction of sp³-hybridized carbons (Fsp3) is 0.227. The van der Waals surface area contributed by atoms with Crippen LogP contribution < -0.4 is 5.32 Å². The van der Waals surface area contributed by atoms with Gasteiger partial charge >= 0.3 is 5.97 Å². The number of aryl methyl sites for hydroxylation is 2. The minimum absolute atomic E-state index is 0.101. The number of nitro benzene ring substituents is 1. The highest BCUT2D eigenvalue weighted by atomic mass is 16.6. The SMILES string of the molecule is CCc1nc2ccccc2c(C(=O)OCC(=O)Nc2ccc(C)c([N+](=O)[O-])c2)c1C. The first kappa shape index (κ1) is 20.9. The van der Waals surface area contributed by atoms with Gasteiger partial charge in [0.05, 0.1) is 16.0 Å². The second-order valence-electron chi connectivity index (χ2n) is 6.81. The summed E-state index contributed by atoms with van der Waals surface area (Å²) in [5.74, 6) is -1.21. The molecule has 0 aliphatic heterocycles. The number of nitrogens with zero attached hydrogens (tertiary/aromatic N) is 2. The second-order valence-corrected chi connectivity index (χ2v) is 6.81. The highest BCUT2D eigenvalue weighted by molar-refractivity contribution is 6.06. The van der Waals surface area contributed by atoms with Gasteiger partial charge in [-0.1, -0.05) is 31.2 Å². The summed E-state index contributed by atoms with van der Waals surface area (Å²) in [7, 11) is 0. The van der Waals surface area contributed by atoms with Gasteiger partial charge < -0.3 is 10.1 Å². The fourth-order valence-corrected chi connectivity index (χ4v) is 3.25. The molecule has 1 amide bonds. The summed E-state index contributed by atoms with van der Waals surface area (Å²) in [6.07, 6.45) is 0.656. The molecule has 2 aromatic carbocycles. The largest absolute Gasteiger partial charge is 0.452 e. The van der Waals surface area contributed by atoms with E-state index in [0.29, 0.717) is 28.5 Å². The Labute approximate surface area is 173 Å². The molecule has 3 aromatic rings. The molecule has 8 heteroatoms. The van der Waals surface area contributed by atoms with Gasteiger partial charge in [0.2, 0.25) is 0 Å². The van der Waals surface area contributed by atoms with Gasteiger partial charge in [-0.25, -0.2) is 4.79 Å². The van der Waals surface area contributed by atoms with Crippen LogP contribution in [0.1, 0.15) is 34.1 Å². The van der Waals surface area contributed by atoms with Gasteiger partial charge in [0.25, 0.3) is 11.6 Å². The first-order chi connectivity index (χ1) is 14.3. The van der Waals surface area contributed by atoms with Crippen LogP contribution in [0.2, 0.25) is 0 Å². The number of esters is 1. The van der Waals surface area contributed by atoms with Crippen LogP contribution in [0.5, 0.6) is 0 Å². The number of hydrogen-bond donors (Lipinski definition) is 1. The number of ether oxygens (including phenoxy) is 1. The van der Waals surface area contributed by atoms with Crippen LogP contribution in [0.25, 0.3) is 10.9 Å². The van der Waals surface area contributed by atoms with Crippen LogP contribution in [0, 0.1) is 24.0 Å². The van der Waals surface area contributed by atoms with E-state index in [1.54, 1.807) is 32.0 Å². The highest BCUT2D eigenvalue weighted by Crippen LogP contribution is 2.25. The Balaban J connectivity index is 1.76. The molecule has 1 N–H and O–H groups in total. The highest BCUT2D eigenvalue weighted by Gasteiger charge is 2.20. The molecule has 3 rings (SSSR count). The lowest BCUT2D eigenvalue weighted by atomic mass is 10.0. The zero-order chi connectivity index (χ0) is 21.8. The number of anilines is 1. The van der Waals surface area contributed by atoms with Crippen molar-refractivity contribution in [2.45, 2.75) is 27.2 Å². The molecule has 0 bridgehead atoms. The monoisotopic (exact) mass is 407 g/mol.